The summed E-state index contributed by atoms with van der Waals surface area (Å²) in [6.45, 7) is 4.52. The van der Waals surface area contributed by atoms with Crippen LogP contribution in [-0.4, -0.2) is 73.6 Å². The summed E-state index contributed by atoms with van der Waals surface area (Å²) < 4.78 is 27.1. The Hall–Kier alpha value is -1.93. The zero-order valence-corrected chi connectivity index (χ0v) is 15.9. The Morgan fingerprint density at radius 3 is 2.12 bits per heavy atom. The van der Waals surface area contributed by atoms with Crippen molar-refractivity contribution < 1.29 is 18.0 Å². The first-order valence-electron chi connectivity index (χ1n) is 9.04. The lowest BCUT2D eigenvalue weighted by Crippen LogP contribution is -2.50. The fourth-order valence-corrected chi connectivity index (χ4v) is 5.01. The van der Waals surface area contributed by atoms with Crippen molar-refractivity contribution in [3.63, 3.8) is 0 Å². The Morgan fingerprint density at radius 1 is 0.885 bits per heavy atom. The molecule has 7 nitrogen and oxygen atoms in total. The normalized spacial score (nSPS) is 19.4. The number of nitrogens with zero attached hydrogens (tertiary/aromatic N) is 3. The Bertz CT molecular complexity index is 779. The highest BCUT2D eigenvalue weighted by atomic mass is 32.2. The van der Waals surface area contributed by atoms with Gasteiger partial charge in [-0.25, -0.2) is 8.42 Å². The fourth-order valence-electron chi connectivity index (χ4n) is 3.45. The van der Waals surface area contributed by atoms with Gasteiger partial charge in [-0.05, 0) is 31.0 Å². The average molecular weight is 379 g/mol. The van der Waals surface area contributed by atoms with Crippen molar-refractivity contribution >= 4 is 21.8 Å². The molecule has 0 unspecified atom stereocenters. The summed E-state index contributed by atoms with van der Waals surface area (Å²) in [4.78, 5) is 27.7. The average Bonchev–Trinajstić information content (AvgIpc) is 2.68. The maximum absolute atomic E-state index is 12.8. The smallest absolute Gasteiger partial charge is 0.254 e. The molecule has 8 heteroatoms. The molecule has 142 valence electrons. The minimum Gasteiger partial charge on any atom is -0.339 e. The minimum absolute atomic E-state index is 0.00622. The number of amides is 2. The van der Waals surface area contributed by atoms with E-state index >= 15 is 0 Å². The second kappa shape index (κ2) is 7.75. The van der Waals surface area contributed by atoms with Gasteiger partial charge in [0, 0.05) is 51.8 Å². The van der Waals surface area contributed by atoms with Crippen molar-refractivity contribution in [2.45, 2.75) is 31.1 Å². The Kier molecular flexibility index (Phi) is 5.62. The van der Waals surface area contributed by atoms with Gasteiger partial charge in [0.1, 0.15) is 0 Å². The van der Waals surface area contributed by atoms with Crippen LogP contribution in [-0.2, 0) is 14.8 Å². The monoisotopic (exact) mass is 379 g/mol. The SMILES string of the molecule is CC(=O)N1CCN(C(=O)c2cccc(S(=O)(=O)N3CCCCC3)c2)CC1. The highest BCUT2D eigenvalue weighted by Gasteiger charge is 2.28. The third-order valence-corrected chi connectivity index (χ3v) is 6.94. The van der Waals surface area contributed by atoms with Gasteiger partial charge in [0.25, 0.3) is 5.91 Å². The molecular weight excluding hydrogens is 354 g/mol. The zero-order chi connectivity index (χ0) is 18.7. The first-order valence-corrected chi connectivity index (χ1v) is 10.5. The van der Waals surface area contributed by atoms with Gasteiger partial charge in [0.15, 0.2) is 0 Å². The molecule has 1 aromatic carbocycles. The molecule has 0 bridgehead atoms. The van der Waals surface area contributed by atoms with Gasteiger partial charge >= 0.3 is 0 Å². The maximum atomic E-state index is 12.8. The Balaban J connectivity index is 1.75. The molecule has 0 aromatic heterocycles. The van der Waals surface area contributed by atoms with Crippen molar-refractivity contribution in [2.24, 2.45) is 0 Å². The number of rotatable bonds is 3. The maximum Gasteiger partial charge on any atom is 0.254 e. The summed E-state index contributed by atoms with van der Waals surface area (Å²) in [5.41, 5.74) is 0.374. The largest absolute Gasteiger partial charge is 0.339 e. The molecule has 0 spiro atoms. The van der Waals surface area contributed by atoms with Gasteiger partial charge in [-0.1, -0.05) is 12.5 Å². The van der Waals surface area contributed by atoms with E-state index in [1.165, 1.54) is 17.3 Å². The lowest BCUT2D eigenvalue weighted by Gasteiger charge is -2.34. The molecule has 0 atom stereocenters. The van der Waals surface area contributed by atoms with Crippen molar-refractivity contribution in [2.75, 3.05) is 39.3 Å². The van der Waals surface area contributed by atoms with Crippen LogP contribution < -0.4 is 0 Å². The Labute approximate surface area is 154 Å². The summed E-state index contributed by atoms with van der Waals surface area (Å²) in [6.07, 6.45) is 2.80. The molecule has 0 radical (unpaired) electrons. The van der Waals surface area contributed by atoms with E-state index in [0.717, 1.165) is 19.3 Å². The van der Waals surface area contributed by atoms with Gasteiger partial charge in [-0.3, -0.25) is 9.59 Å². The first-order chi connectivity index (χ1) is 12.4. The molecule has 0 saturated carbocycles. The number of piperidine rings is 1. The molecule has 0 aliphatic carbocycles. The van der Waals surface area contributed by atoms with Crippen LogP contribution in [0.2, 0.25) is 0 Å². The Morgan fingerprint density at radius 2 is 1.50 bits per heavy atom. The second-order valence-electron chi connectivity index (χ2n) is 6.79. The van der Waals surface area contributed by atoms with Crippen molar-refractivity contribution in [1.29, 1.82) is 0 Å². The van der Waals surface area contributed by atoms with Gasteiger partial charge in [-0.2, -0.15) is 4.31 Å². The molecule has 2 amide bonds. The molecule has 2 saturated heterocycles. The van der Waals surface area contributed by atoms with Crippen LogP contribution in [0.5, 0.6) is 0 Å². The van der Waals surface area contributed by atoms with Gasteiger partial charge in [0.05, 0.1) is 4.90 Å². The van der Waals surface area contributed by atoms with Crippen molar-refractivity contribution in [3.8, 4) is 0 Å². The van der Waals surface area contributed by atoms with Crippen LogP contribution in [0.25, 0.3) is 0 Å². The number of piperazine rings is 1. The highest BCUT2D eigenvalue weighted by Crippen LogP contribution is 2.22. The molecule has 3 rings (SSSR count). The number of benzene rings is 1. The molecule has 1 aromatic rings. The van der Waals surface area contributed by atoms with Crippen LogP contribution in [0.15, 0.2) is 29.2 Å². The topological polar surface area (TPSA) is 78.0 Å². The van der Waals surface area contributed by atoms with Crippen LogP contribution in [0.4, 0.5) is 0 Å². The van der Waals surface area contributed by atoms with E-state index < -0.39 is 10.0 Å². The van der Waals surface area contributed by atoms with Crippen LogP contribution in [0.3, 0.4) is 0 Å². The van der Waals surface area contributed by atoms with Crippen LogP contribution >= 0.6 is 0 Å². The summed E-state index contributed by atoms with van der Waals surface area (Å²) >= 11 is 0. The number of hydrogen-bond acceptors (Lipinski definition) is 4. The molecular formula is C18H25N3O4S. The summed E-state index contributed by atoms with van der Waals surface area (Å²) in [5.74, 6) is -0.185. The minimum atomic E-state index is -3.56. The van der Waals surface area contributed by atoms with E-state index in [4.69, 9.17) is 0 Å². The van der Waals surface area contributed by atoms with Gasteiger partial charge in [-0.15, -0.1) is 0 Å². The zero-order valence-electron chi connectivity index (χ0n) is 15.1. The molecule has 26 heavy (non-hydrogen) atoms. The van der Waals surface area contributed by atoms with E-state index in [1.54, 1.807) is 28.0 Å². The van der Waals surface area contributed by atoms with Crippen molar-refractivity contribution in [3.05, 3.63) is 29.8 Å². The third kappa shape index (κ3) is 3.91. The predicted molar refractivity (Wildman–Crippen MR) is 97.2 cm³/mol. The lowest BCUT2D eigenvalue weighted by molar-refractivity contribution is -0.130. The molecule has 2 heterocycles. The number of carbonyl (C=O) groups is 2. The molecule has 2 aliphatic rings. The van der Waals surface area contributed by atoms with Crippen LogP contribution in [0.1, 0.15) is 36.5 Å². The molecule has 2 fully saturated rings. The molecule has 0 N–H and O–H groups in total. The summed E-state index contributed by atoms with van der Waals surface area (Å²) in [5, 5.41) is 0. The number of carbonyl (C=O) groups excluding carboxylic acids is 2. The first kappa shape index (κ1) is 18.8. The van der Waals surface area contributed by atoms with Crippen LogP contribution in [0, 0.1) is 0 Å². The van der Waals surface area contributed by atoms with Gasteiger partial charge < -0.3 is 9.80 Å². The predicted octanol–water partition coefficient (Wildman–Crippen LogP) is 1.17. The van der Waals surface area contributed by atoms with E-state index in [0.29, 0.717) is 44.8 Å². The quantitative estimate of drug-likeness (QED) is 0.790. The second-order valence-corrected chi connectivity index (χ2v) is 8.73. The van der Waals surface area contributed by atoms with Gasteiger partial charge in [0.2, 0.25) is 15.9 Å². The number of hydrogen-bond donors (Lipinski definition) is 0. The summed E-state index contributed by atoms with van der Waals surface area (Å²) in [7, 11) is -3.56. The molecule has 2 aliphatic heterocycles. The van der Waals surface area contributed by atoms with E-state index in [1.807, 2.05) is 0 Å². The third-order valence-electron chi connectivity index (χ3n) is 5.05. The summed E-state index contributed by atoms with van der Waals surface area (Å²) in [6, 6.07) is 6.29. The van der Waals surface area contributed by atoms with E-state index in [2.05, 4.69) is 0 Å². The number of sulfonamides is 1. The van der Waals surface area contributed by atoms with Crippen molar-refractivity contribution in [1.82, 2.24) is 14.1 Å². The lowest BCUT2D eigenvalue weighted by atomic mass is 10.2. The fraction of sp³-hybridized carbons (Fsp3) is 0.556. The standard InChI is InChI=1S/C18H25N3O4S/c1-15(22)19-10-12-20(13-11-19)18(23)16-6-5-7-17(14-16)26(24,25)21-8-3-2-4-9-21/h5-7,14H,2-4,8-13H2,1H3. The highest BCUT2D eigenvalue weighted by molar-refractivity contribution is 7.89. The van der Waals surface area contributed by atoms with E-state index in [-0.39, 0.29) is 16.7 Å². The van der Waals surface area contributed by atoms with E-state index in [9.17, 15) is 18.0 Å².